The van der Waals surface area contributed by atoms with E-state index in [1.807, 2.05) is 36.4 Å². The van der Waals surface area contributed by atoms with Crippen LogP contribution in [0.25, 0.3) is 0 Å². The van der Waals surface area contributed by atoms with Crippen LogP contribution >= 0.6 is 10.0 Å². The molecule has 0 unspecified atom stereocenters. The zero-order valence-electron chi connectivity index (χ0n) is 9.95. The number of carbonyl (C=O) groups is 1. The van der Waals surface area contributed by atoms with E-state index in [0.29, 0.717) is 0 Å². The number of aliphatic carboxylic acids is 1. The summed E-state index contributed by atoms with van der Waals surface area (Å²) in [6.07, 6.45) is 0. The summed E-state index contributed by atoms with van der Waals surface area (Å²) in [6, 6.07) is 15.9. The summed E-state index contributed by atoms with van der Waals surface area (Å²) in [5.74, 6) is 1.13. The van der Waals surface area contributed by atoms with E-state index in [9.17, 15) is 4.79 Å². The molecule has 19 heavy (non-hydrogen) atoms. The van der Waals surface area contributed by atoms with Crippen molar-refractivity contribution in [2.24, 2.45) is 0 Å². The molecule has 2 aromatic rings. The van der Waals surface area contributed by atoms with E-state index in [2.05, 4.69) is 12.1 Å². The predicted octanol–water partition coefficient (Wildman–Crippen LogP) is 1.72. The van der Waals surface area contributed by atoms with Crippen molar-refractivity contribution in [2.75, 3.05) is 5.75 Å². The van der Waals surface area contributed by atoms with Crippen molar-refractivity contribution in [2.45, 2.75) is 0 Å². The van der Waals surface area contributed by atoms with Gasteiger partial charge in [0, 0.05) is 0 Å². The van der Waals surface area contributed by atoms with Crippen LogP contribution in [0.4, 0.5) is 0 Å². The molecule has 5 heteroatoms. The molecule has 0 amide bonds. The van der Waals surface area contributed by atoms with Gasteiger partial charge in [0.15, 0.2) is 0 Å². The van der Waals surface area contributed by atoms with Crippen LogP contribution in [0.15, 0.2) is 48.5 Å². The van der Waals surface area contributed by atoms with Crippen LogP contribution in [-0.2, 0) is 4.79 Å². The second-order valence-electron chi connectivity index (χ2n) is 4.00. The molecule has 0 aliphatic carbocycles. The average Bonchev–Trinajstić information content (AvgIpc) is 2.43. The van der Waals surface area contributed by atoms with Crippen LogP contribution in [-0.4, -0.2) is 30.3 Å². The molecule has 96 valence electrons. The molecule has 0 aromatic heterocycles. The molecule has 0 fully saturated rings. The van der Waals surface area contributed by atoms with Crippen LogP contribution in [0.1, 0.15) is 0 Å². The predicted molar refractivity (Wildman–Crippen MR) is 78.1 cm³/mol. The van der Waals surface area contributed by atoms with Crippen LogP contribution in [0.5, 0.6) is 11.5 Å². The average molecular weight is 334 g/mol. The third-order valence-corrected chi connectivity index (χ3v) is 11.2. The van der Waals surface area contributed by atoms with Gasteiger partial charge in [-0.1, -0.05) is 0 Å². The summed E-state index contributed by atoms with van der Waals surface area (Å²) >= 11 is -1.65. The van der Waals surface area contributed by atoms with Crippen LogP contribution in [0.3, 0.4) is 0 Å². The van der Waals surface area contributed by atoms with Crippen LogP contribution in [0, 0.1) is 0 Å². The molecule has 1 aliphatic heterocycles. The fourth-order valence-corrected chi connectivity index (χ4v) is 10.1. The van der Waals surface area contributed by atoms with Crippen molar-refractivity contribution in [1.29, 1.82) is 0 Å². The molecule has 0 saturated heterocycles. The molecule has 1 aliphatic rings. The summed E-state index contributed by atoms with van der Waals surface area (Å²) in [7, 11) is 1.56. The molecule has 3 rings (SSSR count). The van der Waals surface area contributed by atoms with E-state index < -0.39 is 19.5 Å². The number of carboxylic acid groups (broad SMARTS) is 1. The number of benzene rings is 2. The Labute approximate surface area is 118 Å². The zero-order valence-corrected chi connectivity index (χ0v) is 12.6. The molecule has 0 spiro atoms. The van der Waals surface area contributed by atoms with Gasteiger partial charge >= 0.3 is 119 Å². The van der Waals surface area contributed by atoms with E-state index in [1.54, 1.807) is 10.0 Å². The van der Waals surface area contributed by atoms with Crippen LogP contribution in [0.2, 0.25) is 0 Å². The maximum atomic E-state index is 10.8. The van der Waals surface area contributed by atoms with Gasteiger partial charge in [0.25, 0.3) is 0 Å². The van der Waals surface area contributed by atoms with Gasteiger partial charge in [0.2, 0.25) is 0 Å². The number of para-hydroxylation sites is 2. The standard InChI is InChI=1S/C14H11AsO3S/c16-14(17)9-19-15-10-5-1-3-7-12(10)18-13-8-4-2-6-11(13)15/h1-8H,9H2,(H,16,17). The Morgan fingerprint density at radius 1 is 1.05 bits per heavy atom. The van der Waals surface area contributed by atoms with Crippen LogP contribution < -0.4 is 13.4 Å². The zero-order chi connectivity index (χ0) is 13.2. The van der Waals surface area contributed by atoms with Crippen molar-refractivity contribution in [3.8, 4) is 11.5 Å². The van der Waals surface area contributed by atoms with Crippen molar-refractivity contribution in [1.82, 2.24) is 0 Å². The Hall–Kier alpha value is -1.38. The SMILES string of the molecule is O=C(O)CS[As]1c2ccccc2Oc2ccccc21. The minimum absolute atomic E-state index is 0.142. The fourth-order valence-electron chi connectivity index (χ4n) is 1.93. The Morgan fingerprint density at radius 3 is 2.11 bits per heavy atom. The van der Waals surface area contributed by atoms with Gasteiger partial charge in [-0.15, -0.1) is 0 Å². The van der Waals surface area contributed by atoms with E-state index in [4.69, 9.17) is 9.84 Å². The Balaban J connectivity index is 2.03. The molecule has 3 nitrogen and oxygen atoms in total. The molecule has 2 aromatic carbocycles. The summed E-state index contributed by atoms with van der Waals surface area (Å²) in [6.45, 7) is 0. The number of hydrogen-bond donors (Lipinski definition) is 1. The topological polar surface area (TPSA) is 46.5 Å². The monoisotopic (exact) mass is 334 g/mol. The first-order valence-electron chi connectivity index (χ1n) is 5.76. The second kappa shape index (κ2) is 5.31. The molecule has 1 heterocycles. The van der Waals surface area contributed by atoms with Gasteiger partial charge in [0.05, 0.1) is 0 Å². The fraction of sp³-hybridized carbons (Fsp3) is 0.0714. The van der Waals surface area contributed by atoms with Gasteiger partial charge in [-0.3, -0.25) is 0 Å². The van der Waals surface area contributed by atoms with Gasteiger partial charge in [-0.05, 0) is 0 Å². The van der Waals surface area contributed by atoms with E-state index in [0.717, 1.165) is 11.5 Å². The third-order valence-electron chi connectivity index (χ3n) is 2.71. The molecule has 0 atom stereocenters. The minimum atomic E-state index is -1.65. The molecular formula is C14H11AsO3S. The third kappa shape index (κ3) is 2.51. The Morgan fingerprint density at radius 2 is 1.58 bits per heavy atom. The summed E-state index contributed by atoms with van der Waals surface area (Å²) in [5, 5.41) is 8.91. The van der Waals surface area contributed by atoms with Crippen molar-refractivity contribution in [3.05, 3.63) is 48.5 Å². The first-order valence-corrected chi connectivity index (χ1v) is 10.9. The molecular weight excluding hydrogens is 323 g/mol. The summed E-state index contributed by atoms with van der Waals surface area (Å²) in [4.78, 5) is 10.8. The first-order chi connectivity index (χ1) is 9.25. The number of hydrogen-bond acceptors (Lipinski definition) is 3. The number of rotatable bonds is 3. The number of ether oxygens (including phenoxy) is 1. The molecule has 0 bridgehead atoms. The molecule has 1 N–H and O–H groups in total. The molecule has 0 saturated carbocycles. The number of carboxylic acids is 1. The van der Waals surface area contributed by atoms with Crippen molar-refractivity contribution < 1.29 is 14.6 Å². The Kier molecular flexibility index (Phi) is 3.54. The van der Waals surface area contributed by atoms with E-state index in [-0.39, 0.29) is 5.75 Å². The second-order valence-corrected chi connectivity index (χ2v) is 11.3. The van der Waals surface area contributed by atoms with Crippen molar-refractivity contribution in [3.63, 3.8) is 0 Å². The van der Waals surface area contributed by atoms with Gasteiger partial charge < -0.3 is 0 Å². The van der Waals surface area contributed by atoms with Gasteiger partial charge in [0.1, 0.15) is 0 Å². The summed E-state index contributed by atoms with van der Waals surface area (Å²) in [5.41, 5.74) is 0. The van der Waals surface area contributed by atoms with E-state index >= 15 is 0 Å². The quantitative estimate of drug-likeness (QED) is 0.869. The summed E-state index contributed by atoms with van der Waals surface area (Å²) < 4.78 is 8.25. The van der Waals surface area contributed by atoms with Crippen molar-refractivity contribution >= 4 is 38.2 Å². The van der Waals surface area contributed by atoms with E-state index in [1.165, 1.54) is 8.70 Å². The Bertz CT molecular complexity index is 584. The van der Waals surface area contributed by atoms with Gasteiger partial charge in [-0.2, -0.15) is 0 Å². The number of fused-ring (bicyclic) bond motifs is 2. The maximum absolute atomic E-state index is 10.8. The molecule has 0 radical (unpaired) electrons. The van der Waals surface area contributed by atoms with Gasteiger partial charge in [-0.25, -0.2) is 0 Å². The first kappa shape index (κ1) is 12.6. The normalized spacial score (nSPS) is 13.3.